The van der Waals surface area contributed by atoms with Gasteiger partial charge in [-0.25, -0.2) is 0 Å². The highest BCUT2D eigenvalue weighted by Crippen LogP contribution is 2.14. The van der Waals surface area contributed by atoms with Gasteiger partial charge >= 0.3 is 0 Å². The van der Waals surface area contributed by atoms with E-state index in [4.69, 9.17) is 5.41 Å². The Labute approximate surface area is 129 Å². The number of para-hydroxylation sites is 2. The molecule has 1 heterocycles. The fourth-order valence-electron chi connectivity index (χ4n) is 2.75. The van der Waals surface area contributed by atoms with Crippen molar-refractivity contribution in [3.05, 3.63) is 65.3 Å². The van der Waals surface area contributed by atoms with Crippen molar-refractivity contribution in [3.8, 4) is 0 Å². The van der Waals surface area contributed by atoms with E-state index in [9.17, 15) is 4.79 Å². The van der Waals surface area contributed by atoms with E-state index in [1.165, 1.54) is 0 Å². The molecule has 1 N–H and O–H groups in total. The van der Waals surface area contributed by atoms with E-state index in [0.29, 0.717) is 17.7 Å². The molecule has 0 atom stereocenters. The molecular formula is C18H19N3O. The van der Waals surface area contributed by atoms with Gasteiger partial charge in [0.05, 0.1) is 17.6 Å². The van der Waals surface area contributed by atoms with Crippen molar-refractivity contribution in [3.63, 3.8) is 0 Å². The minimum absolute atomic E-state index is 0.0255. The first-order valence-electron chi connectivity index (χ1n) is 7.44. The maximum Gasteiger partial charge on any atom is 0.203 e. The highest BCUT2D eigenvalue weighted by Gasteiger charge is 2.13. The summed E-state index contributed by atoms with van der Waals surface area (Å²) in [6.45, 7) is 4.91. The van der Waals surface area contributed by atoms with Crippen LogP contribution in [0.4, 0.5) is 0 Å². The van der Waals surface area contributed by atoms with Crippen LogP contribution in [-0.2, 0) is 13.1 Å². The minimum Gasteiger partial charge on any atom is -0.311 e. The van der Waals surface area contributed by atoms with Crippen molar-refractivity contribution in [2.45, 2.75) is 26.9 Å². The second kappa shape index (κ2) is 5.64. The number of nitrogens with zero attached hydrogens (tertiary/aromatic N) is 2. The number of fused-ring (bicyclic) bond motifs is 1. The summed E-state index contributed by atoms with van der Waals surface area (Å²) in [7, 11) is 0. The first kappa shape index (κ1) is 14.3. The Kier molecular flexibility index (Phi) is 3.67. The average molecular weight is 293 g/mol. The maximum atomic E-state index is 12.5. The van der Waals surface area contributed by atoms with Gasteiger partial charge in [-0.2, -0.15) is 0 Å². The topological polar surface area (TPSA) is 50.8 Å². The normalized spacial score (nSPS) is 11.0. The number of carbonyl (C=O) groups is 1. The molecule has 4 heteroatoms. The number of aromatic nitrogens is 2. The molecular weight excluding hydrogens is 274 g/mol. The molecule has 4 nitrogen and oxygen atoms in total. The van der Waals surface area contributed by atoms with Crippen LogP contribution in [0.15, 0.2) is 48.5 Å². The van der Waals surface area contributed by atoms with Gasteiger partial charge < -0.3 is 9.13 Å². The summed E-state index contributed by atoms with van der Waals surface area (Å²) in [4.78, 5) is 12.5. The quantitative estimate of drug-likeness (QED) is 0.738. The molecule has 0 saturated carbocycles. The molecule has 0 radical (unpaired) electrons. The number of hydrogen-bond acceptors (Lipinski definition) is 2. The molecule has 0 unspecified atom stereocenters. The van der Waals surface area contributed by atoms with Gasteiger partial charge in [-0.05, 0) is 26.0 Å². The summed E-state index contributed by atoms with van der Waals surface area (Å²) < 4.78 is 3.69. The molecule has 0 amide bonds. The number of imidazole rings is 1. The van der Waals surface area contributed by atoms with Crippen molar-refractivity contribution in [2.24, 2.45) is 0 Å². The van der Waals surface area contributed by atoms with E-state index in [2.05, 4.69) is 0 Å². The van der Waals surface area contributed by atoms with Crippen molar-refractivity contribution >= 4 is 16.8 Å². The highest BCUT2D eigenvalue weighted by molar-refractivity contribution is 5.96. The molecule has 3 aromatic rings. The summed E-state index contributed by atoms with van der Waals surface area (Å²) in [6, 6.07) is 15.4. The molecule has 3 rings (SSSR count). The van der Waals surface area contributed by atoms with Crippen LogP contribution in [0.3, 0.4) is 0 Å². The van der Waals surface area contributed by atoms with E-state index in [1.54, 1.807) is 4.57 Å². The van der Waals surface area contributed by atoms with Crippen LogP contribution >= 0.6 is 0 Å². The lowest BCUT2D eigenvalue weighted by atomic mass is 10.1. The molecule has 0 aliphatic heterocycles. The zero-order valence-electron chi connectivity index (χ0n) is 12.8. The van der Waals surface area contributed by atoms with Crippen LogP contribution in [0.1, 0.15) is 22.8 Å². The van der Waals surface area contributed by atoms with Crippen LogP contribution < -0.4 is 5.62 Å². The molecule has 22 heavy (non-hydrogen) atoms. The number of rotatable bonds is 4. The molecule has 0 saturated heterocycles. The van der Waals surface area contributed by atoms with Crippen LogP contribution in [-0.4, -0.2) is 14.9 Å². The number of aryl methyl sites for hydroxylation is 2. The lowest BCUT2D eigenvalue weighted by molar-refractivity contribution is 0.0971. The summed E-state index contributed by atoms with van der Waals surface area (Å²) >= 11 is 0. The molecule has 1 aromatic heterocycles. The SMILES string of the molecule is CCn1c(=N)n(CC(=O)c2ccc(C)cc2)c2ccccc21. The lowest BCUT2D eigenvalue weighted by Crippen LogP contribution is -2.27. The summed E-state index contributed by atoms with van der Waals surface area (Å²) in [6.07, 6.45) is 0. The van der Waals surface area contributed by atoms with Crippen molar-refractivity contribution in [1.29, 1.82) is 5.41 Å². The van der Waals surface area contributed by atoms with E-state index in [1.807, 2.05) is 66.9 Å². The van der Waals surface area contributed by atoms with Crippen LogP contribution in [0.5, 0.6) is 0 Å². The van der Waals surface area contributed by atoms with Gasteiger partial charge in [0, 0.05) is 12.1 Å². The number of carbonyl (C=O) groups excluding carboxylic acids is 1. The van der Waals surface area contributed by atoms with Gasteiger partial charge in [-0.1, -0.05) is 42.0 Å². The summed E-state index contributed by atoms with van der Waals surface area (Å²) in [5.41, 5.74) is 4.10. The number of nitrogens with one attached hydrogen (secondary N) is 1. The van der Waals surface area contributed by atoms with Gasteiger partial charge in [-0.15, -0.1) is 0 Å². The van der Waals surface area contributed by atoms with Crippen molar-refractivity contribution in [1.82, 2.24) is 9.13 Å². The number of benzene rings is 2. The third-order valence-corrected chi connectivity index (χ3v) is 3.97. The molecule has 0 bridgehead atoms. The molecule has 112 valence electrons. The Bertz CT molecular complexity index is 885. The zero-order valence-corrected chi connectivity index (χ0v) is 12.8. The maximum absolute atomic E-state index is 12.5. The Balaban J connectivity index is 2.04. The second-order valence-electron chi connectivity index (χ2n) is 5.43. The first-order chi connectivity index (χ1) is 10.6. The van der Waals surface area contributed by atoms with E-state index in [-0.39, 0.29) is 12.3 Å². The van der Waals surface area contributed by atoms with Gasteiger partial charge in [-0.3, -0.25) is 10.2 Å². The molecule has 0 spiro atoms. The van der Waals surface area contributed by atoms with E-state index >= 15 is 0 Å². The van der Waals surface area contributed by atoms with E-state index < -0.39 is 0 Å². The third kappa shape index (κ3) is 2.37. The fourth-order valence-corrected chi connectivity index (χ4v) is 2.75. The lowest BCUT2D eigenvalue weighted by Gasteiger charge is -2.04. The Morgan fingerprint density at radius 3 is 2.18 bits per heavy atom. The van der Waals surface area contributed by atoms with Crippen LogP contribution in [0, 0.1) is 12.3 Å². The molecule has 2 aromatic carbocycles. The van der Waals surface area contributed by atoms with Gasteiger partial charge in [0.1, 0.15) is 0 Å². The fraction of sp³-hybridized carbons (Fsp3) is 0.222. The van der Waals surface area contributed by atoms with Crippen LogP contribution in [0.2, 0.25) is 0 Å². The number of hydrogen-bond donors (Lipinski definition) is 1. The third-order valence-electron chi connectivity index (χ3n) is 3.97. The second-order valence-corrected chi connectivity index (χ2v) is 5.43. The molecule has 0 aliphatic rings. The first-order valence-corrected chi connectivity index (χ1v) is 7.44. The molecule has 0 fully saturated rings. The monoisotopic (exact) mass is 293 g/mol. The smallest absolute Gasteiger partial charge is 0.203 e. The van der Waals surface area contributed by atoms with Gasteiger partial charge in [0.2, 0.25) is 5.62 Å². The Morgan fingerprint density at radius 2 is 1.59 bits per heavy atom. The minimum atomic E-state index is 0.0255. The Morgan fingerprint density at radius 1 is 1.00 bits per heavy atom. The summed E-state index contributed by atoms with van der Waals surface area (Å²) in [5.74, 6) is 0.0255. The van der Waals surface area contributed by atoms with E-state index in [0.717, 1.165) is 16.6 Å². The molecule has 0 aliphatic carbocycles. The van der Waals surface area contributed by atoms with Crippen LogP contribution in [0.25, 0.3) is 11.0 Å². The predicted octanol–water partition coefficient (Wildman–Crippen LogP) is 3.13. The Hall–Kier alpha value is -2.62. The number of ketones is 1. The average Bonchev–Trinajstić information content (AvgIpc) is 2.80. The summed E-state index contributed by atoms with van der Waals surface area (Å²) in [5, 5.41) is 8.34. The van der Waals surface area contributed by atoms with Crippen molar-refractivity contribution in [2.75, 3.05) is 0 Å². The van der Waals surface area contributed by atoms with Crippen molar-refractivity contribution < 1.29 is 4.79 Å². The highest BCUT2D eigenvalue weighted by atomic mass is 16.1. The standard InChI is InChI=1S/C18H19N3O/c1-3-20-15-6-4-5-7-16(15)21(18(20)19)12-17(22)14-10-8-13(2)9-11-14/h4-11,19H,3,12H2,1-2H3. The number of Topliss-reactive ketones (excluding diaryl/α,β-unsaturated/α-hetero) is 1. The van der Waals surface area contributed by atoms with Gasteiger partial charge in [0.15, 0.2) is 5.78 Å². The van der Waals surface area contributed by atoms with Gasteiger partial charge in [0.25, 0.3) is 0 Å². The largest absolute Gasteiger partial charge is 0.311 e. The zero-order chi connectivity index (χ0) is 15.7. The predicted molar refractivity (Wildman–Crippen MR) is 87.0 cm³/mol.